The third-order valence-electron chi connectivity index (χ3n) is 15.6. The van der Waals surface area contributed by atoms with E-state index in [1.54, 1.807) is 0 Å². The van der Waals surface area contributed by atoms with Crippen LogP contribution in [0.5, 0.6) is 0 Å². The first-order chi connectivity index (χ1) is 38.5. The van der Waals surface area contributed by atoms with Crippen LogP contribution in [0.15, 0.2) is 48.6 Å². The quantitative estimate of drug-likeness (QED) is 0.0261. The van der Waals surface area contributed by atoms with Gasteiger partial charge in [-0.25, -0.2) is 0 Å². The van der Waals surface area contributed by atoms with E-state index in [4.69, 9.17) is 14.2 Å². The summed E-state index contributed by atoms with van der Waals surface area (Å²) < 4.78 is 17.0. The molecule has 0 saturated carbocycles. The van der Waals surface area contributed by atoms with Crippen molar-refractivity contribution in [1.82, 2.24) is 0 Å². The van der Waals surface area contributed by atoms with Gasteiger partial charge >= 0.3 is 17.9 Å². The van der Waals surface area contributed by atoms with Crippen molar-refractivity contribution < 1.29 is 28.6 Å². The second-order valence-electron chi connectivity index (χ2n) is 23.4. The smallest absolute Gasteiger partial charge is 0.306 e. The highest BCUT2D eigenvalue weighted by molar-refractivity contribution is 5.71. The Bertz CT molecular complexity index is 1350. The van der Waals surface area contributed by atoms with E-state index in [1.807, 2.05) is 0 Å². The maximum absolute atomic E-state index is 12.9. The van der Waals surface area contributed by atoms with Crippen molar-refractivity contribution in [3.63, 3.8) is 0 Å². The third kappa shape index (κ3) is 64.2. The lowest BCUT2D eigenvalue weighted by atomic mass is 10.0. The van der Waals surface area contributed by atoms with E-state index in [2.05, 4.69) is 69.4 Å². The molecule has 0 aliphatic carbocycles. The summed E-state index contributed by atoms with van der Waals surface area (Å²) in [5, 5.41) is 0. The van der Waals surface area contributed by atoms with Crippen molar-refractivity contribution in [3.05, 3.63) is 48.6 Å². The first-order valence-electron chi connectivity index (χ1n) is 34.6. The Labute approximate surface area is 486 Å². The van der Waals surface area contributed by atoms with E-state index >= 15 is 0 Å². The molecule has 0 aromatic rings. The van der Waals surface area contributed by atoms with Gasteiger partial charge in [-0.1, -0.05) is 345 Å². The number of carbonyl (C=O) groups is 3. The molecular weight excluding hydrogens is 961 g/mol. The van der Waals surface area contributed by atoms with Gasteiger partial charge in [0.25, 0.3) is 0 Å². The number of esters is 3. The summed E-state index contributed by atoms with van der Waals surface area (Å²) in [5.74, 6) is -0.859. The molecule has 1 atom stereocenters. The summed E-state index contributed by atoms with van der Waals surface area (Å²) >= 11 is 0. The van der Waals surface area contributed by atoms with Crippen molar-refractivity contribution in [2.75, 3.05) is 13.2 Å². The van der Waals surface area contributed by atoms with E-state index in [0.717, 1.165) is 96.3 Å². The summed E-state index contributed by atoms with van der Waals surface area (Å²) in [6, 6.07) is 0. The molecule has 6 nitrogen and oxygen atoms in total. The number of unbranched alkanes of at least 4 members (excludes halogenated alkanes) is 45. The summed E-state index contributed by atoms with van der Waals surface area (Å²) in [6.07, 6.45) is 84.2. The lowest BCUT2D eigenvalue weighted by Crippen LogP contribution is -2.30. The van der Waals surface area contributed by atoms with Gasteiger partial charge in [0, 0.05) is 19.3 Å². The average Bonchev–Trinajstić information content (AvgIpc) is 3.44. The number of carbonyl (C=O) groups excluding carboxylic acids is 3. The molecule has 0 heterocycles. The Kier molecular flexibility index (Phi) is 64.6. The maximum Gasteiger partial charge on any atom is 0.306 e. The molecule has 0 aliphatic rings. The van der Waals surface area contributed by atoms with Gasteiger partial charge in [0.05, 0.1) is 0 Å². The number of hydrogen-bond acceptors (Lipinski definition) is 6. The largest absolute Gasteiger partial charge is 0.462 e. The lowest BCUT2D eigenvalue weighted by molar-refractivity contribution is -0.167. The Morgan fingerprint density at radius 3 is 0.782 bits per heavy atom. The summed E-state index contributed by atoms with van der Waals surface area (Å²) in [7, 11) is 0. The van der Waals surface area contributed by atoms with Gasteiger partial charge in [-0.2, -0.15) is 0 Å². The minimum atomic E-state index is -0.779. The van der Waals surface area contributed by atoms with Crippen LogP contribution in [0.3, 0.4) is 0 Å². The van der Waals surface area contributed by atoms with Crippen LogP contribution in [-0.4, -0.2) is 37.2 Å². The Hall–Kier alpha value is -2.63. The fourth-order valence-corrected chi connectivity index (χ4v) is 10.4. The van der Waals surface area contributed by atoms with E-state index in [-0.39, 0.29) is 31.1 Å². The molecule has 0 rings (SSSR count). The highest BCUT2D eigenvalue weighted by Gasteiger charge is 2.19. The zero-order chi connectivity index (χ0) is 56.4. The molecule has 0 aliphatic heterocycles. The monoisotopic (exact) mass is 1090 g/mol. The first-order valence-corrected chi connectivity index (χ1v) is 34.6. The molecule has 6 heteroatoms. The van der Waals surface area contributed by atoms with Gasteiger partial charge < -0.3 is 14.2 Å². The fraction of sp³-hybridized carbons (Fsp3) is 0.847. The fourth-order valence-electron chi connectivity index (χ4n) is 10.4. The molecule has 0 saturated heterocycles. The average molecular weight is 1090 g/mol. The number of rotatable bonds is 64. The van der Waals surface area contributed by atoms with Crippen molar-refractivity contribution in [2.24, 2.45) is 0 Å². The standard InChI is InChI=1S/C72H132O6/c1-4-7-10-13-16-19-22-25-28-31-34-35-36-39-41-44-47-50-53-56-59-62-65-71(74)77-68-69(78-72(75)66-63-60-57-54-51-48-45-42-38-33-30-27-24-21-18-15-12-9-6-3)67-76-70(73)64-61-58-55-52-49-46-43-40-37-32-29-26-23-20-17-14-11-8-5-2/h9,12,18,21,27,30,38,42,69H,4-8,10-11,13-17,19-20,22-26,28-29,31-37,39-41,43-68H2,1-3H3/b12-9-,21-18-,30-27-,42-38-. The molecule has 0 aromatic carbocycles. The molecule has 0 bridgehead atoms. The van der Waals surface area contributed by atoms with Crippen molar-refractivity contribution in [2.45, 2.75) is 380 Å². The van der Waals surface area contributed by atoms with Crippen molar-refractivity contribution >= 4 is 17.9 Å². The van der Waals surface area contributed by atoms with Crippen LogP contribution >= 0.6 is 0 Å². The van der Waals surface area contributed by atoms with Gasteiger partial charge in [0.1, 0.15) is 13.2 Å². The molecule has 0 fully saturated rings. The maximum atomic E-state index is 12.9. The van der Waals surface area contributed by atoms with Gasteiger partial charge in [-0.15, -0.1) is 0 Å². The van der Waals surface area contributed by atoms with E-state index < -0.39 is 6.10 Å². The van der Waals surface area contributed by atoms with Crippen LogP contribution in [-0.2, 0) is 28.6 Å². The summed E-state index contributed by atoms with van der Waals surface area (Å²) in [6.45, 7) is 6.59. The second-order valence-corrected chi connectivity index (χ2v) is 23.4. The van der Waals surface area contributed by atoms with Gasteiger partial charge in [0.15, 0.2) is 6.10 Å². The molecule has 456 valence electrons. The summed E-state index contributed by atoms with van der Waals surface area (Å²) in [5.41, 5.74) is 0. The molecule has 1 unspecified atom stereocenters. The minimum absolute atomic E-state index is 0.0737. The van der Waals surface area contributed by atoms with Gasteiger partial charge in [-0.3, -0.25) is 14.4 Å². The highest BCUT2D eigenvalue weighted by Crippen LogP contribution is 2.18. The predicted octanol–water partition coefficient (Wildman–Crippen LogP) is 23.7. The lowest BCUT2D eigenvalue weighted by Gasteiger charge is -2.18. The van der Waals surface area contributed by atoms with Gasteiger partial charge in [-0.05, 0) is 57.8 Å². The minimum Gasteiger partial charge on any atom is -0.462 e. The van der Waals surface area contributed by atoms with Crippen LogP contribution in [0.4, 0.5) is 0 Å². The summed E-state index contributed by atoms with van der Waals surface area (Å²) in [4.78, 5) is 38.5. The first kappa shape index (κ1) is 75.4. The topological polar surface area (TPSA) is 78.9 Å². The molecule has 0 radical (unpaired) electrons. The Morgan fingerprint density at radius 1 is 0.269 bits per heavy atom. The SMILES string of the molecule is CC/C=C\C/C=C\C/C=C\C/C=C\CCCCCCCCC(=O)OC(COC(=O)CCCCCCCCCCCCCCCCCCCCC)COC(=O)CCCCCCCCCCCCCCCCCCCCCCCC. The zero-order valence-electron chi connectivity index (χ0n) is 52.5. The number of ether oxygens (including phenoxy) is 3. The molecular formula is C72H132O6. The molecule has 0 spiro atoms. The molecule has 0 aromatic heterocycles. The van der Waals surface area contributed by atoms with Crippen LogP contribution < -0.4 is 0 Å². The van der Waals surface area contributed by atoms with Crippen molar-refractivity contribution in [3.8, 4) is 0 Å². The van der Waals surface area contributed by atoms with E-state index in [1.165, 1.54) is 238 Å². The van der Waals surface area contributed by atoms with Crippen LogP contribution in [0.25, 0.3) is 0 Å². The second kappa shape index (κ2) is 66.9. The number of allylic oxidation sites excluding steroid dienone is 8. The number of hydrogen-bond donors (Lipinski definition) is 0. The van der Waals surface area contributed by atoms with Gasteiger partial charge in [0.2, 0.25) is 0 Å². The molecule has 0 N–H and O–H groups in total. The molecule has 78 heavy (non-hydrogen) atoms. The Morgan fingerprint density at radius 2 is 0.500 bits per heavy atom. The molecule has 0 amide bonds. The van der Waals surface area contributed by atoms with Crippen LogP contribution in [0.2, 0.25) is 0 Å². The van der Waals surface area contributed by atoms with E-state index in [0.29, 0.717) is 19.3 Å². The predicted molar refractivity (Wildman–Crippen MR) is 339 cm³/mol. The third-order valence-corrected chi connectivity index (χ3v) is 15.6. The zero-order valence-corrected chi connectivity index (χ0v) is 52.5. The van der Waals surface area contributed by atoms with Crippen LogP contribution in [0, 0.1) is 0 Å². The highest BCUT2D eigenvalue weighted by atomic mass is 16.6. The van der Waals surface area contributed by atoms with E-state index in [9.17, 15) is 14.4 Å². The normalized spacial score (nSPS) is 12.3. The van der Waals surface area contributed by atoms with Crippen LogP contribution in [0.1, 0.15) is 374 Å². The Balaban J connectivity index is 4.33. The van der Waals surface area contributed by atoms with Crippen molar-refractivity contribution in [1.29, 1.82) is 0 Å².